The van der Waals surface area contributed by atoms with Crippen LogP contribution in [0, 0.1) is 11.6 Å². The van der Waals surface area contributed by atoms with Gasteiger partial charge in [0.1, 0.15) is 11.6 Å². The van der Waals surface area contributed by atoms with Crippen LogP contribution in [0.4, 0.5) is 22.0 Å². The van der Waals surface area contributed by atoms with Crippen molar-refractivity contribution >= 4 is 0 Å². The van der Waals surface area contributed by atoms with E-state index >= 15 is 0 Å². The Morgan fingerprint density at radius 1 is 1.00 bits per heavy atom. The van der Waals surface area contributed by atoms with Gasteiger partial charge >= 0.3 is 6.18 Å². The van der Waals surface area contributed by atoms with E-state index in [0.29, 0.717) is 12.3 Å². The van der Waals surface area contributed by atoms with Gasteiger partial charge in [0.05, 0.1) is 17.3 Å². The van der Waals surface area contributed by atoms with Crippen LogP contribution in [-0.4, -0.2) is 4.98 Å². The van der Waals surface area contributed by atoms with Crippen molar-refractivity contribution < 1.29 is 22.0 Å². The number of nitrogens with two attached hydrogens (primary N) is 1. The Balaban J connectivity index is 2.31. The number of aromatic nitrogens is 1. The molecule has 1 unspecified atom stereocenters. The molecule has 7 heteroatoms. The maximum absolute atomic E-state index is 13.1. The van der Waals surface area contributed by atoms with Crippen molar-refractivity contribution in [1.82, 2.24) is 4.98 Å². The highest BCUT2D eigenvalue weighted by atomic mass is 19.4. The molecule has 0 bridgehead atoms. The van der Waals surface area contributed by atoms with Crippen LogP contribution in [0.5, 0.6) is 0 Å². The molecule has 1 aromatic carbocycles. The first-order valence-electron chi connectivity index (χ1n) is 5.52. The molecule has 2 N–H and O–H groups in total. The van der Waals surface area contributed by atoms with Crippen molar-refractivity contribution in [3.63, 3.8) is 0 Å². The summed E-state index contributed by atoms with van der Waals surface area (Å²) in [5, 5.41) is 0. The quantitative estimate of drug-likeness (QED) is 0.860. The summed E-state index contributed by atoms with van der Waals surface area (Å²) < 4.78 is 63.3. The molecule has 0 fully saturated rings. The van der Waals surface area contributed by atoms with E-state index in [-0.39, 0.29) is 11.3 Å². The number of hydrogen-bond acceptors (Lipinski definition) is 2. The minimum absolute atomic E-state index is 0.0861. The summed E-state index contributed by atoms with van der Waals surface area (Å²) in [6.45, 7) is 0. The van der Waals surface area contributed by atoms with Gasteiger partial charge in [-0.25, -0.2) is 8.78 Å². The van der Waals surface area contributed by atoms with Gasteiger partial charge in [-0.2, -0.15) is 13.2 Å². The highest BCUT2D eigenvalue weighted by Crippen LogP contribution is 2.29. The van der Waals surface area contributed by atoms with Gasteiger partial charge in [-0.1, -0.05) is 0 Å². The summed E-state index contributed by atoms with van der Waals surface area (Å²) >= 11 is 0. The smallest absolute Gasteiger partial charge is 0.319 e. The van der Waals surface area contributed by atoms with Crippen molar-refractivity contribution in [2.75, 3.05) is 0 Å². The van der Waals surface area contributed by atoms with Crippen molar-refractivity contribution in [2.45, 2.75) is 12.2 Å². The molecule has 1 atom stereocenters. The summed E-state index contributed by atoms with van der Waals surface area (Å²) in [5.74, 6) is -1.63. The van der Waals surface area contributed by atoms with Crippen LogP contribution in [0.15, 0.2) is 36.5 Å². The number of rotatable bonds is 2. The first kappa shape index (κ1) is 14.4. The molecule has 20 heavy (non-hydrogen) atoms. The Kier molecular flexibility index (Phi) is 3.71. The fraction of sp³-hybridized carbons (Fsp3) is 0.154. The predicted octanol–water partition coefficient (Wildman–Crippen LogP) is 3.43. The summed E-state index contributed by atoms with van der Waals surface area (Å²) in [4.78, 5) is 3.59. The molecule has 1 heterocycles. The van der Waals surface area contributed by atoms with E-state index in [1.165, 1.54) is 0 Å². The molecular weight excluding hydrogens is 279 g/mol. The third-order valence-corrected chi connectivity index (χ3v) is 2.68. The molecule has 0 amide bonds. The standard InChI is InChI=1S/C13H9F5N2/c14-9-3-7(4-10(15)5-9)12(19)11-2-1-8(6-20-11)13(16,17)18/h1-6,12H,19H2. The molecule has 0 aliphatic rings. The van der Waals surface area contributed by atoms with Crippen LogP contribution < -0.4 is 5.73 Å². The number of halogens is 5. The number of hydrogen-bond donors (Lipinski definition) is 1. The molecule has 0 saturated carbocycles. The summed E-state index contributed by atoms with van der Waals surface area (Å²) in [6, 6.07) is 3.58. The van der Waals surface area contributed by atoms with Crippen LogP contribution in [0.3, 0.4) is 0 Å². The third kappa shape index (κ3) is 3.11. The summed E-state index contributed by atoms with van der Waals surface area (Å²) in [7, 11) is 0. The van der Waals surface area contributed by atoms with E-state index in [9.17, 15) is 22.0 Å². The van der Waals surface area contributed by atoms with Crippen LogP contribution >= 0.6 is 0 Å². The average molecular weight is 288 g/mol. The minimum Gasteiger partial charge on any atom is -0.319 e. The molecule has 0 aliphatic carbocycles. The van der Waals surface area contributed by atoms with Gasteiger partial charge in [-0.05, 0) is 29.8 Å². The molecular formula is C13H9F5N2. The molecule has 0 spiro atoms. The van der Waals surface area contributed by atoms with Crippen molar-refractivity contribution in [3.8, 4) is 0 Å². The molecule has 0 aliphatic heterocycles. The second-order valence-electron chi connectivity index (χ2n) is 4.15. The van der Waals surface area contributed by atoms with Gasteiger partial charge in [0.15, 0.2) is 0 Å². The fourth-order valence-electron chi connectivity index (χ4n) is 1.68. The molecule has 106 valence electrons. The topological polar surface area (TPSA) is 38.9 Å². The molecule has 2 nitrogen and oxygen atoms in total. The number of alkyl halides is 3. The molecule has 2 aromatic rings. The summed E-state index contributed by atoms with van der Waals surface area (Å²) in [5.41, 5.74) is 5.00. The number of pyridine rings is 1. The normalized spacial score (nSPS) is 13.3. The van der Waals surface area contributed by atoms with Crippen LogP contribution in [0.25, 0.3) is 0 Å². The molecule has 1 aromatic heterocycles. The SMILES string of the molecule is NC(c1cc(F)cc(F)c1)c1ccc(C(F)(F)F)cn1. The maximum Gasteiger partial charge on any atom is 0.417 e. The minimum atomic E-state index is -4.50. The van der Waals surface area contributed by atoms with Gasteiger partial charge in [-0.15, -0.1) is 0 Å². The lowest BCUT2D eigenvalue weighted by atomic mass is 10.0. The second kappa shape index (κ2) is 5.16. The third-order valence-electron chi connectivity index (χ3n) is 2.68. The molecule has 2 rings (SSSR count). The van der Waals surface area contributed by atoms with Gasteiger partial charge in [0, 0.05) is 12.3 Å². The van der Waals surface area contributed by atoms with Crippen LogP contribution in [0.1, 0.15) is 22.9 Å². The number of nitrogens with zero attached hydrogens (tertiary/aromatic N) is 1. The fourth-order valence-corrected chi connectivity index (χ4v) is 1.68. The highest BCUT2D eigenvalue weighted by molar-refractivity contribution is 5.29. The Morgan fingerprint density at radius 3 is 2.05 bits per heavy atom. The monoisotopic (exact) mass is 288 g/mol. The predicted molar refractivity (Wildman–Crippen MR) is 61.6 cm³/mol. The zero-order valence-corrected chi connectivity index (χ0v) is 9.96. The Bertz CT molecular complexity index is 587. The molecule has 0 saturated heterocycles. The second-order valence-corrected chi connectivity index (χ2v) is 4.15. The zero-order chi connectivity index (χ0) is 14.9. The van der Waals surface area contributed by atoms with E-state index in [1.807, 2.05) is 0 Å². The van der Waals surface area contributed by atoms with E-state index in [0.717, 1.165) is 24.3 Å². The lowest BCUT2D eigenvalue weighted by Gasteiger charge is -2.13. The largest absolute Gasteiger partial charge is 0.417 e. The molecule has 0 radical (unpaired) electrons. The van der Waals surface area contributed by atoms with Crippen LogP contribution in [0.2, 0.25) is 0 Å². The lowest BCUT2D eigenvalue weighted by Crippen LogP contribution is -2.15. The Morgan fingerprint density at radius 2 is 1.60 bits per heavy atom. The van der Waals surface area contributed by atoms with E-state index in [4.69, 9.17) is 5.73 Å². The average Bonchev–Trinajstić information content (AvgIpc) is 2.36. The van der Waals surface area contributed by atoms with Crippen LogP contribution in [-0.2, 0) is 6.18 Å². The highest BCUT2D eigenvalue weighted by Gasteiger charge is 2.30. The van der Waals surface area contributed by atoms with E-state index in [2.05, 4.69) is 4.98 Å². The van der Waals surface area contributed by atoms with Gasteiger partial charge < -0.3 is 5.73 Å². The summed E-state index contributed by atoms with van der Waals surface area (Å²) in [6.07, 6.45) is -3.87. The first-order valence-corrected chi connectivity index (χ1v) is 5.52. The van der Waals surface area contributed by atoms with Crippen molar-refractivity contribution in [2.24, 2.45) is 5.73 Å². The van der Waals surface area contributed by atoms with E-state index < -0.39 is 29.4 Å². The van der Waals surface area contributed by atoms with Crippen molar-refractivity contribution in [3.05, 3.63) is 65.0 Å². The van der Waals surface area contributed by atoms with Gasteiger partial charge in [-0.3, -0.25) is 4.98 Å². The van der Waals surface area contributed by atoms with Crippen molar-refractivity contribution in [1.29, 1.82) is 0 Å². The Hall–Kier alpha value is -2.02. The lowest BCUT2D eigenvalue weighted by molar-refractivity contribution is -0.137. The first-order chi connectivity index (χ1) is 9.27. The van der Waals surface area contributed by atoms with Gasteiger partial charge in [0.25, 0.3) is 0 Å². The van der Waals surface area contributed by atoms with E-state index in [1.54, 1.807) is 0 Å². The zero-order valence-electron chi connectivity index (χ0n) is 9.96. The Labute approximate surface area is 111 Å². The number of benzene rings is 1. The maximum atomic E-state index is 13.1. The van der Waals surface area contributed by atoms with Gasteiger partial charge in [0.2, 0.25) is 0 Å².